The van der Waals surface area contributed by atoms with Crippen molar-refractivity contribution in [2.75, 3.05) is 6.61 Å². The zero-order valence-corrected chi connectivity index (χ0v) is 8.97. The predicted molar refractivity (Wildman–Crippen MR) is 51.7 cm³/mol. The van der Waals surface area contributed by atoms with E-state index in [1.54, 1.807) is 6.92 Å². The SMILES string of the molecule is CCOC(=O)c1c(Br)ccc(O)c1F. The summed E-state index contributed by atoms with van der Waals surface area (Å²) in [6.07, 6.45) is 0. The van der Waals surface area contributed by atoms with Crippen molar-refractivity contribution in [2.45, 2.75) is 6.92 Å². The molecule has 0 saturated heterocycles. The Balaban J connectivity index is 3.18. The molecule has 0 spiro atoms. The van der Waals surface area contributed by atoms with Gasteiger partial charge in [-0.1, -0.05) is 0 Å². The highest BCUT2D eigenvalue weighted by Crippen LogP contribution is 2.27. The lowest BCUT2D eigenvalue weighted by Gasteiger charge is -2.06. The third-order valence-electron chi connectivity index (χ3n) is 1.55. The molecule has 0 saturated carbocycles. The van der Waals surface area contributed by atoms with Gasteiger partial charge in [-0.2, -0.15) is 0 Å². The lowest BCUT2D eigenvalue weighted by atomic mass is 10.2. The summed E-state index contributed by atoms with van der Waals surface area (Å²) < 4.78 is 18.1. The summed E-state index contributed by atoms with van der Waals surface area (Å²) in [7, 11) is 0. The molecule has 1 N–H and O–H groups in total. The molecule has 0 aliphatic rings. The zero-order chi connectivity index (χ0) is 10.7. The fourth-order valence-corrected chi connectivity index (χ4v) is 1.40. The molecule has 0 atom stereocenters. The van der Waals surface area contributed by atoms with Crippen molar-refractivity contribution in [3.63, 3.8) is 0 Å². The summed E-state index contributed by atoms with van der Waals surface area (Å²) in [5.74, 6) is -2.35. The minimum absolute atomic E-state index is 0.153. The highest BCUT2D eigenvalue weighted by Gasteiger charge is 2.19. The van der Waals surface area contributed by atoms with Gasteiger partial charge in [0.2, 0.25) is 0 Å². The number of hydrogen-bond acceptors (Lipinski definition) is 3. The fraction of sp³-hybridized carbons (Fsp3) is 0.222. The number of benzene rings is 1. The van der Waals surface area contributed by atoms with Crippen molar-refractivity contribution in [2.24, 2.45) is 0 Å². The van der Waals surface area contributed by atoms with E-state index in [9.17, 15) is 9.18 Å². The molecular formula is C9H8BrFO3. The van der Waals surface area contributed by atoms with Crippen LogP contribution in [0, 0.1) is 5.82 Å². The molecular weight excluding hydrogens is 255 g/mol. The smallest absolute Gasteiger partial charge is 0.342 e. The van der Waals surface area contributed by atoms with E-state index < -0.39 is 17.5 Å². The number of phenolic OH excluding ortho intramolecular Hbond substituents is 1. The minimum atomic E-state index is -0.974. The molecule has 0 heterocycles. The van der Waals surface area contributed by atoms with Gasteiger partial charge in [-0.3, -0.25) is 0 Å². The Hall–Kier alpha value is -1.10. The van der Waals surface area contributed by atoms with E-state index >= 15 is 0 Å². The van der Waals surface area contributed by atoms with Crippen molar-refractivity contribution in [1.29, 1.82) is 0 Å². The monoisotopic (exact) mass is 262 g/mol. The van der Waals surface area contributed by atoms with Crippen LogP contribution in [0.4, 0.5) is 4.39 Å². The van der Waals surface area contributed by atoms with Crippen LogP contribution in [0.2, 0.25) is 0 Å². The quantitative estimate of drug-likeness (QED) is 0.834. The van der Waals surface area contributed by atoms with Gasteiger partial charge in [0.1, 0.15) is 5.56 Å². The third kappa shape index (κ3) is 2.04. The Bertz CT molecular complexity index is 365. The molecule has 0 aliphatic carbocycles. The van der Waals surface area contributed by atoms with Crippen molar-refractivity contribution in [1.82, 2.24) is 0 Å². The Morgan fingerprint density at radius 2 is 2.29 bits per heavy atom. The maximum Gasteiger partial charge on any atom is 0.342 e. The van der Waals surface area contributed by atoms with Gasteiger partial charge in [-0.25, -0.2) is 9.18 Å². The zero-order valence-electron chi connectivity index (χ0n) is 7.38. The molecule has 0 bridgehead atoms. The van der Waals surface area contributed by atoms with Crippen LogP contribution in [0.3, 0.4) is 0 Å². The van der Waals surface area contributed by atoms with E-state index in [2.05, 4.69) is 20.7 Å². The average Bonchev–Trinajstić information content (AvgIpc) is 2.13. The standard InChI is InChI=1S/C9H8BrFO3/c1-2-14-9(13)7-5(10)3-4-6(12)8(7)11/h3-4,12H,2H2,1H3. The second-order valence-corrected chi connectivity index (χ2v) is 3.33. The normalized spacial score (nSPS) is 9.93. The van der Waals surface area contributed by atoms with Crippen LogP contribution in [0.25, 0.3) is 0 Å². The predicted octanol–water partition coefficient (Wildman–Crippen LogP) is 2.47. The van der Waals surface area contributed by atoms with Crippen molar-refractivity contribution >= 4 is 21.9 Å². The second kappa shape index (κ2) is 4.41. The van der Waals surface area contributed by atoms with Crippen LogP contribution in [0.1, 0.15) is 17.3 Å². The van der Waals surface area contributed by atoms with Crippen LogP contribution >= 0.6 is 15.9 Å². The van der Waals surface area contributed by atoms with Crippen LogP contribution in [0.15, 0.2) is 16.6 Å². The van der Waals surface area contributed by atoms with Gasteiger partial charge in [0, 0.05) is 4.47 Å². The van der Waals surface area contributed by atoms with Gasteiger partial charge in [0.15, 0.2) is 11.6 Å². The lowest BCUT2D eigenvalue weighted by molar-refractivity contribution is 0.0519. The molecule has 0 radical (unpaired) electrons. The molecule has 0 fully saturated rings. The molecule has 5 heteroatoms. The highest BCUT2D eigenvalue weighted by molar-refractivity contribution is 9.10. The molecule has 0 unspecified atom stereocenters. The molecule has 0 amide bonds. The Labute approximate surface area is 88.6 Å². The number of rotatable bonds is 2. The Kier molecular flexibility index (Phi) is 3.46. The van der Waals surface area contributed by atoms with Crippen LogP contribution < -0.4 is 0 Å². The van der Waals surface area contributed by atoms with E-state index in [-0.39, 0.29) is 16.6 Å². The number of ether oxygens (including phenoxy) is 1. The summed E-state index contributed by atoms with van der Waals surface area (Å²) in [5.41, 5.74) is -0.285. The molecule has 14 heavy (non-hydrogen) atoms. The summed E-state index contributed by atoms with van der Waals surface area (Å²) in [4.78, 5) is 11.2. The molecule has 0 aromatic heterocycles. The first kappa shape index (κ1) is 11.0. The molecule has 1 rings (SSSR count). The first-order valence-corrected chi connectivity index (χ1v) is 4.71. The first-order valence-electron chi connectivity index (χ1n) is 3.92. The minimum Gasteiger partial charge on any atom is -0.505 e. The van der Waals surface area contributed by atoms with Gasteiger partial charge < -0.3 is 9.84 Å². The van der Waals surface area contributed by atoms with Gasteiger partial charge in [0.05, 0.1) is 6.61 Å². The van der Waals surface area contributed by atoms with Crippen molar-refractivity contribution in [3.05, 3.63) is 28.0 Å². The first-order chi connectivity index (χ1) is 6.57. The molecule has 1 aromatic carbocycles. The topological polar surface area (TPSA) is 46.5 Å². The van der Waals surface area contributed by atoms with E-state index in [1.165, 1.54) is 6.07 Å². The van der Waals surface area contributed by atoms with E-state index in [0.29, 0.717) is 0 Å². The second-order valence-electron chi connectivity index (χ2n) is 2.48. The van der Waals surface area contributed by atoms with Crippen LogP contribution in [-0.2, 0) is 4.74 Å². The summed E-state index contributed by atoms with van der Waals surface area (Å²) in [5, 5.41) is 9.04. The van der Waals surface area contributed by atoms with E-state index in [4.69, 9.17) is 5.11 Å². The number of phenols is 1. The third-order valence-corrected chi connectivity index (χ3v) is 2.21. The van der Waals surface area contributed by atoms with Gasteiger partial charge in [-0.15, -0.1) is 0 Å². The Morgan fingerprint density at radius 3 is 2.86 bits per heavy atom. The highest BCUT2D eigenvalue weighted by atomic mass is 79.9. The number of halogens is 2. The van der Waals surface area contributed by atoms with Gasteiger partial charge in [0.25, 0.3) is 0 Å². The number of esters is 1. The average molecular weight is 263 g/mol. The van der Waals surface area contributed by atoms with Gasteiger partial charge >= 0.3 is 5.97 Å². The maximum absolute atomic E-state index is 13.3. The molecule has 3 nitrogen and oxygen atoms in total. The Morgan fingerprint density at radius 1 is 1.64 bits per heavy atom. The summed E-state index contributed by atoms with van der Waals surface area (Å²) in [6, 6.07) is 2.53. The number of hydrogen-bond donors (Lipinski definition) is 1. The van der Waals surface area contributed by atoms with E-state index in [1.807, 2.05) is 0 Å². The number of aromatic hydroxyl groups is 1. The summed E-state index contributed by atoms with van der Waals surface area (Å²) >= 11 is 3.00. The van der Waals surface area contributed by atoms with E-state index in [0.717, 1.165) is 6.07 Å². The molecule has 0 aliphatic heterocycles. The van der Waals surface area contributed by atoms with Crippen molar-refractivity contribution < 1.29 is 19.0 Å². The summed E-state index contributed by atoms with van der Waals surface area (Å²) in [6.45, 7) is 1.77. The maximum atomic E-state index is 13.3. The number of carbonyl (C=O) groups excluding carboxylic acids is 1. The fourth-order valence-electron chi connectivity index (χ4n) is 0.932. The molecule has 1 aromatic rings. The molecule has 76 valence electrons. The lowest BCUT2D eigenvalue weighted by Crippen LogP contribution is -2.08. The van der Waals surface area contributed by atoms with Crippen molar-refractivity contribution in [3.8, 4) is 5.75 Å². The number of carbonyl (C=O) groups is 1. The van der Waals surface area contributed by atoms with Crippen LogP contribution in [-0.4, -0.2) is 17.7 Å². The largest absolute Gasteiger partial charge is 0.505 e. The van der Waals surface area contributed by atoms with Gasteiger partial charge in [-0.05, 0) is 35.0 Å². The van der Waals surface area contributed by atoms with Crippen LogP contribution in [0.5, 0.6) is 5.75 Å².